The van der Waals surface area contributed by atoms with Gasteiger partial charge in [-0.25, -0.2) is 0 Å². The van der Waals surface area contributed by atoms with Crippen LogP contribution in [0, 0.1) is 0 Å². The Labute approximate surface area is 126 Å². The fourth-order valence-corrected chi connectivity index (χ4v) is 3.22. The van der Waals surface area contributed by atoms with Crippen molar-refractivity contribution in [2.24, 2.45) is 0 Å². The molecule has 0 bridgehead atoms. The summed E-state index contributed by atoms with van der Waals surface area (Å²) in [6.07, 6.45) is 7.29. The molecule has 1 unspecified atom stereocenters. The van der Waals surface area contributed by atoms with E-state index in [-0.39, 0.29) is 11.9 Å². The predicted octanol–water partition coefficient (Wildman–Crippen LogP) is 2.76. The molecule has 4 heteroatoms. The molecule has 0 spiro atoms. The molecule has 2 aliphatic heterocycles. The van der Waals surface area contributed by atoms with Gasteiger partial charge in [0.1, 0.15) is 0 Å². The lowest BCUT2D eigenvalue weighted by atomic mass is 10.2. The van der Waals surface area contributed by atoms with Crippen LogP contribution in [0.3, 0.4) is 0 Å². The lowest BCUT2D eigenvalue weighted by Crippen LogP contribution is -2.35. The highest BCUT2D eigenvalue weighted by atomic mass is 16.2. The second-order valence-corrected chi connectivity index (χ2v) is 6.09. The van der Waals surface area contributed by atoms with Gasteiger partial charge in [0.15, 0.2) is 0 Å². The molecule has 2 aliphatic rings. The van der Waals surface area contributed by atoms with Crippen LogP contribution in [0.4, 0.5) is 11.4 Å². The van der Waals surface area contributed by atoms with Gasteiger partial charge in [-0.15, -0.1) is 0 Å². The highest BCUT2D eigenvalue weighted by Gasteiger charge is 2.21. The van der Waals surface area contributed by atoms with E-state index >= 15 is 0 Å². The zero-order chi connectivity index (χ0) is 14.5. The van der Waals surface area contributed by atoms with Gasteiger partial charge >= 0.3 is 0 Å². The number of anilines is 2. The van der Waals surface area contributed by atoms with Gasteiger partial charge in [-0.1, -0.05) is 12.8 Å². The predicted molar refractivity (Wildman–Crippen MR) is 86.8 cm³/mol. The average Bonchev–Trinajstić information content (AvgIpc) is 2.91. The largest absolute Gasteiger partial charge is 0.372 e. The highest BCUT2D eigenvalue weighted by Crippen LogP contribution is 2.22. The van der Waals surface area contributed by atoms with Crippen LogP contribution in [-0.2, 0) is 4.79 Å². The first kappa shape index (κ1) is 14.4. The van der Waals surface area contributed by atoms with Crippen molar-refractivity contribution in [3.63, 3.8) is 0 Å². The summed E-state index contributed by atoms with van der Waals surface area (Å²) in [5.41, 5.74) is 2.17. The molecule has 2 N–H and O–H groups in total. The van der Waals surface area contributed by atoms with E-state index < -0.39 is 0 Å². The molecule has 1 amide bonds. The normalized spacial score (nSPS) is 22.9. The number of nitrogens with zero attached hydrogens (tertiary/aromatic N) is 1. The first-order chi connectivity index (χ1) is 10.3. The Balaban J connectivity index is 1.59. The number of nitrogens with one attached hydrogen (secondary N) is 2. The smallest absolute Gasteiger partial charge is 0.241 e. The second-order valence-electron chi connectivity index (χ2n) is 6.09. The Kier molecular flexibility index (Phi) is 4.76. The van der Waals surface area contributed by atoms with Crippen molar-refractivity contribution in [1.82, 2.24) is 5.32 Å². The minimum absolute atomic E-state index is 0.0183. The molecule has 1 aromatic rings. The number of amides is 1. The van der Waals surface area contributed by atoms with E-state index in [2.05, 4.69) is 27.7 Å². The third-order valence-corrected chi connectivity index (χ3v) is 4.48. The fourth-order valence-electron chi connectivity index (χ4n) is 3.22. The maximum Gasteiger partial charge on any atom is 0.241 e. The zero-order valence-electron chi connectivity index (χ0n) is 12.6. The summed E-state index contributed by atoms with van der Waals surface area (Å²) in [4.78, 5) is 14.5. The van der Waals surface area contributed by atoms with Gasteiger partial charge in [-0.05, 0) is 56.5 Å². The number of carbonyl (C=O) groups is 1. The lowest BCUT2D eigenvalue weighted by Gasteiger charge is -2.23. The average molecular weight is 287 g/mol. The van der Waals surface area contributed by atoms with E-state index in [9.17, 15) is 4.79 Å². The third kappa shape index (κ3) is 3.76. The second kappa shape index (κ2) is 6.94. The molecule has 114 valence electrons. The van der Waals surface area contributed by atoms with Crippen LogP contribution < -0.4 is 15.5 Å². The van der Waals surface area contributed by atoms with Crippen LogP contribution in [0.2, 0.25) is 0 Å². The summed E-state index contributed by atoms with van der Waals surface area (Å²) >= 11 is 0. The highest BCUT2D eigenvalue weighted by molar-refractivity contribution is 5.95. The molecule has 0 aliphatic carbocycles. The van der Waals surface area contributed by atoms with Gasteiger partial charge < -0.3 is 15.5 Å². The minimum Gasteiger partial charge on any atom is -0.372 e. The van der Waals surface area contributed by atoms with Crippen LogP contribution in [0.1, 0.15) is 38.5 Å². The van der Waals surface area contributed by atoms with E-state index in [0.717, 1.165) is 38.2 Å². The van der Waals surface area contributed by atoms with Gasteiger partial charge in [0.25, 0.3) is 0 Å². The molecule has 2 heterocycles. The van der Waals surface area contributed by atoms with E-state index in [1.54, 1.807) is 0 Å². The minimum atomic E-state index is -0.0183. The SMILES string of the molecule is O=C(Nc1ccc(N2CCCCCC2)cc1)C1CCCN1. The summed E-state index contributed by atoms with van der Waals surface area (Å²) < 4.78 is 0. The number of rotatable bonds is 3. The number of benzene rings is 1. The van der Waals surface area contributed by atoms with Crippen LogP contribution >= 0.6 is 0 Å². The van der Waals surface area contributed by atoms with E-state index in [1.165, 1.54) is 31.4 Å². The quantitative estimate of drug-likeness (QED) is 0.898. The molecule has 2 fully saturated rings. The summed E-state index contributed by atoms with van der Waals surface area (Å²) in [6, 6.07) is 8.28. The van der Waals surface area contributed by atoms with Crippen molar-refractivity contribution in [3.05, 3.63) is 24.3 Å². The monoisotopic (exact) mass is 287 g/mol. The third-order valence-electron chi connectivity index (χ3n) is 4.48. The molecule has 1 aromatic carbocycles. The molecule has 0 aromatic heterocycles. The molecule has 4 nitrogen and oxygen atoms in total. The van der Waals surface area contributed by atoms with Gasteiger partial charge in [-0.3, -0.25) is 4.79 Å². The zero-order valence-corrected chi connectivity index (χ0v) is 12.6. The summed E-state index contributed by atoms with van der Waals surface area (Å²) in [5, 5.41) is 6.23. The van der Waals surface area contributed by atoms with E-state index in [4.69, 9.17) is 0 Å². The van der Waals surface area contributed by atoms with Gasteiger partial charge in [0.2, 0.25) is 5.91 Å². The van der Waals surface area contributed by atoms with E-state index in [0.29, 0.717) is 0 Å². The van der Waals surface area contributed by atoms with Crippen LogP contribution in [0.25, 0.3) is 0 Å². The molecule has 1 atom stereocenters. The molecule has 21 heavy (non-hydrogen) atoms. The lowest BCUT2D eigenvalue weighted by molar-refractivity contribution is -0.117. The Morgan fingerprint density at radius 1 is 1.05 bits per heavy atom. The van der Waals surface area contributed by atoms with Crippen molar-refractivity contribution in [2.45, 2.75) is 44.6 Å². The van der Waals surface area contributed by atoms with E-state index in [1.807, 2.05) is 12.1 Å². The first-order valence-corrected chi connectivity index (χ1v) is 8.22. The van der Waals surface area contributed by atoms with Crippen molar-refractivity contribution < 1.29 is 4.79 Å². The fraction of sp³-hybridized carbons (Fsp3) is 0.588. The van der Waals surface area contributed by atoms with Crippen LogP contribution in [-0.4, -0.2) is 31.6 Å². The first-order valence-electron chi connectivity index (χ1n) is 8.22. The Hall–Kier alpha value is -1.55. The maximum atomic E-state index is 12.1. The molecular formula is C17H25N3O. The molecular weight excluding hydrogens is 262 g/mol. The van der Waals surface area contributed by atoms with Crippen LogP contribution in [0.5, 0.6) is 0 Å². The van der Waals surface area contributed by atoms with Gasteiger partial charge in [0.05, 0.1) is 6.04 Å². The summed E-state index contributed by atoms with van der Waals surface area (Å²) in [7, 11) is 0. The standard InChI is InChI=1S/C17H25N3O/c21-17(16-6-5-11-18-16)19-14-7-9-15(10-8-14)20-12-3-1-2-4-13-20/h7-10,16,18H,1-6,11-13H2,(H,19,21). The number of carbonyl (C=O) groups excluding carboxylic acids is 1. The molecule has 3 rings (SSSR count). The number of hydrogen-bond acceptors (Lipinski definition) is 3. The topological polar surface area (TPSA) is 44.4 Å². The summed E-state index contributed by atoms with van der Waals surface area (Å²) in [5.74, 6) is 0.0926. The van der Waals surface area contributed by atoms with Crippen molar-refractivity contribution in [1.29, 1.82) is 0 Å². The molecule has 2 saturated heterocycles. The van der Waals surface area contributed by atoms with Gasteiger partial charge in [0, 0.05) is 24.5 Å². The van der Waals surface area contributed by atoms with Crippen molar-refractivity contribution in [3.8, 4) is 0 Å². The Morgan fingerprint density at radius 3 is 2.38 bits per heavy atom. The molecule has 0 radical (unpaired) electrons. The van der Waals surface area contributed by atoms with Crippen LogP contribution in [0.15, 0.2) is 24.3 Å². The van der Waals surface area contributed by atoms with Crippen molar-refractivity contribution >= 4 is 17.3 Å². The molecule has 0 saturated carbocycles. The Bertz CT molecular complexity index is 457. The summed E-state index contributed by atoms with van der Waals surface area (Å²) in [6.45, 7) is 3.25. The van der Waals surface area contributed by atoms with Crippen molar-refractivity contribution in [2.75, 3.05) is 29.9 Å². The number of hydrogen-bond donors (Lipinski definition) is 2. The Morgan fingerprint density at radius 2 is 1.76 bits per heavy atom. The van der Waals surface area contributed by atoms with Gasteiger partial charge in [-0.2, -0.15) is 0 Å². The maximum absolute atomic E-state index is 12.1.